The number of carbonyl (C=O) groups is 1. The van der Waals surface area contributed by atoms with Crippen molar-refractivity contribution in [2.45, 2.75) is 56.1 Å². The van der Waals surface area contributed by atoms with Crippen LogP contribution in [0.25, 0.3) is 0 Å². The van der Waals surface area contributed by atoms with Crippen molar-refractivity contribution in [3.8, 4) is 0 Å². The number of alkyl carbamates (subject to hydrolysis) is 1. The summed E-state index contributed by atoms with van der Waals surface area (Å²) >= 11 is 0. The van der Waals surface area contributed by atoms with E-state index in [4.69, 9.17) is 10.5 Å². The third-order valence-corrected chi connectivity index (χ3v) is 5.12. The molecule has 6 nitrogen and oxygen atoms in total. The lowest BCUT2D eigenvalue weighted by atomic mass is 9.50. The Morgan fingerprint density at radius 3 is 2.85 bits per heavy atom. The zero-order valence-electron chi connectivity index (χ0n) is 11.4. The van der Waals surface area contributed by atoms with Crippen molar-refractivity contribution >= 4 is 11.9 Å². The quantitative estimate of drug-likeness (QED) is 0.786. The molecule has 0 spiro atoms. The molecule has 4 aliphatic carbocycles. The van der Waals surface area contributed by atoms with Gasteiger partial charge in [-0.2, -0.15) is 5.10 Å². The highest BCUT2D eigenvalue weighted by Crippen LogP contribution is 2.56. The lowest BCUT2D eigenvalue weighted by molar-refractivity contribution is -0.0506. The van der Waals surface area contributed by atoms with Gasteiger partial charge < -0.3 is 15.8 Å². The number of nitrogens with two attached hydrogens (primary N) is 1. The summed E-state index contributed by atoms with van der Waals surface area (Å²) in [6.07, 6.45) is 5.97. The van der Waals surface area contributed by atoms with Crippen LogP contribution in [0.5, 0.6) is 0 Å². The molecule has 4 fully saturated rings. The lowest BCUT2D eigenvalue weighted by Crippen LogP contribution is -2.68. The van der Waals surface area contributed by atoms with Crippen molar-refractivity contribution in [3.05, 3.63) is 11.8 Å². The number of H-pyrrole nitrogens is 1. The highest BCUT2D eigenvalue weighted by atomic mass is 16.6. The van der Waals surface area contributed by atoms with Gasteiger partial charge >= 0.3 is 6.09 Å². The van der Waals surface area contributed by atoms with E-state index in [1.165, 1.54) is 0 Å². The van der Waals surface area contributed by atoms with Gasteiger partial charge in [0.15, 0.2) is 0 Å². The second-order valence-corrected chi connectivity index (χ2v) is 6.67. The molecule has 6 heteroatoms. The van der Waals surface area contributed by atoms with Crippen molar-refractivity contribution in [1.82, 2.24) is 15.5 Å². The lowest BCUT2D eigenvalue weighted by Gasteiger charge is -2.61. The van der Waals surface area contributed by atoms with Crippen LogP contribution in [0.1, 0.15) is 50.1 Å². The van der Waals surface area contributed by atoms with Crippen LogP contribution in [-0.4, -0.2) is 27.9 Å². The number of hydrogen-bond donors (Lipinski definition) is 3. The Morgan fingerprint density at radius 1 is 1.45 bits per heavy atom. The minimum absolute atomic E-state index is 0.0110. The van der Waals surface area contributed by atoms with E-state index in [2.05, 4.69) is 15.5 Å². The molecule has 2 bridgehead atoms. The van der Waals surface area contributed by atoms with Crippen LogP contribution >= 0.6 is 0 Å². The molecule has 108 valence electrons. The van der Waals surface area contributed by atoms with Gasteiger partial charge in [0, 0.05) is 23.2 Å². The zero-order valence-corrected chi connectivity index (χ0v) is 11.4. The molecule has 0 radical (unpaired) electrons. The molecule has 4 saturated carbocycles. The van der Waals surface area contributed by atoms with E-state index < -0.39 is 0 Å². The Labute approximate surface area is 117 Å². The number of carbonyl (C=O) groups excluding carboxylic acids is 1. The average molecular weight is 276 g/mol. The highest BCUT2D eigenvalue weighted by Gasteiger charge is 2.57. The SMILES string of the molecule is Nc1cc(C2CCC(OC(=O)NC34CC(C3)C4)C2)[nH]n1. The van der Waals surface area contributed by atoms with Gasteiger partial charge in [-0.15, -0.1) is 0 Å². The van der Waals surface area contributed by atoms with Crippen molar-refractivity contribution in [2.24, 2.45) is 5.92 Å². The van der Waals surface area contributed by atoms with Crippen LogP contribution in [0, 0.1) is 5.92 Å². The summed E-state index contributed by atoms with van der Waals surface area (Å²) in [4.78, 5) is 11.9. The van der Waals surface area contributed by atoms with E-state index >= 15 is 0 Å². The van der Waals surface area contributed by atoms with E-state index in [1.54, 1.807) is 0 Å². The topological polar surface area (TPSA) is 93.0 Å². The second kappa shape index (κ2) is 4.14. The maximum absolute atomic E-state index is 11.9. The van der Waals surface area contributed by atoms with Gasteiger partial charge in [0.05, 0.1) is 0 Å². The summed E-state index contributed by atoms with van der Waals surface area (Å²) in [5, 5.41) is 9.95. The maximum atomic E-state index is 11.9. The minimum atomic E-state index is -0.238. The Bertz CT molecular complexity index is 524. The molecule has 0 saturated heterocycles. The third kappa shape index (κ3) is 1.94. The second-order valence-electron chi connectivity index (χ2n) is 6.67. The molecule has 1 heterocycles. The Kier molecular flexibility index (Phi) is 2.49. The first kappa shape index (κ1) is 12.1. The standard InChI is InChI=1S/C14H20N4O2/c15-12-4-11(17-18-12)9-1-2-10(3-9)20-13(19)16-14-5-8(6-14)7-14/h4,8-10H,1-3,5-7H2,(H,16,19)(H3,15,17,18). The molecule has 4 aliphatic rings. The number of hydrogen-bond acceptors (Lipinski definition) is 4. The van der Waals surface area contributed by atoms with Crippen molar-refractivity contribution < 1.29 is 9.53 Å². The molecule has 0 aliphatic heterocycles. The van der Waals surface area contributed by atoms with E-state index in [0.717, 1.165) is 50.1 Å². The molecule has 1 aromatic heterocycles. The first-order chi connectivity index (χ1) is 9.62. The third-order valence-electron chi connectivity index (χ3n) is 5.12. The van der Waals surface area contributed by atoms with E-state index in [9.17, 15) is 4.79 Å². The predicted octanol–water partition coefficient (Wildman–Crippen LogP) is 1.91. The van der Waals surface area contributed by atoms with E-state index in [0.29, 0.717) is 11.7 Å². The number of nitrogens with one attached hydrogen (secondary N) is 2. The van der Waals surface area contributed by atoms with Crippen LogP contribution in [-0.2, 0) is 4.74 Å². The number of anilines is 1. The molecule has 5 rings (SSSR count). The summed E-state index contributed by atoms with van der Waals surface area (Å²) in [6.45, 7) is 0. The summed E-state index contributed by atoms with van der Waals surface area (Å²) in [5.41, 5.74) is 6.76. The fraction of sp³-hybridized carbons (Fsp3) is 0.714. The number of ether oxygens (including phenoxy) is 1. The van der Waals surface area contributed by atoms with Gasteiger partial charge in [0.25, 0.3) is 0 Å². The molecule has 1 amide bonds. The number of amides is 1. The van der Waals surface area contributed by atoms with Crippen molar-refractivity contribution in [2.75, 3.05) is 5.73 Å². The summed E-state index contributed by atoms with van der Waals surface area (Å²) in [6, 6.07) is 1.87. The highest BCUT2D eigenvalue weighted by molar-refractivity contribution is 5.69. The van der Waals surface area contributed by atoms with Crippen LogP contribution in [0.15, 0.2) is 6.07 Å². The fourth-order valence-electron chi connectivity index (χ4n) is 3.92. The fourth-order valence-corrected chi connectivity index (χ4v) is 3.92. The van der Waals surface area contributed by atoms with Crippen molar-refractivity contribution in [3.63, 3.8) is 0 Å². The van der Waals surface area contributed by atoms with E-state index in [1.807, 2.05) is 6.07 Å². The maximum Gasteiger partial charge on any atom is 0.407 e. The van der Waals surface area contributed by atoms with Crippen LogP contribution in [0.3, 0.4) is 0 Å². The van der Waals surface area contributed by atoms with Gasteiger partial charge in [-0.3, -0.25) is 5.10 Å². The molecule has 20 heavy (non-hydrogen) atoms. The van der Waals surface area contributed by atoms with Gasteiger partial charge in [-0.25, -0.2) is 4.79 Å². The smallest absolute Gasteiger partial charge is 0.407 e. The van der Waals surface area contributed by atoms with Gasteiger partial charge in [0.2, 0.25) is 0 Å². The number of rotatable bonds is 3. The molecular formula is C14H20N4O2. The number of nitrogen functional groups attached to an aromatic ring is 1. The van der Waals surface area contributed by atoms with Crippen LogP contribution < -0.4 is 11.1 Å². The Morgan fingerprint density at radius 2 is 2.25 bits per heavy atom. The molecule has 4 N–H and O–H groups in total. The number of nitrogens with zero attached hydrogens (tertiary/aromatic N) is 1. The van der Waals surface area contributed by atoms with Gasteiger partial charge in [-0.05, 0) is 44.4 Å². The zero-order chi connectivity index (χ0) is 13.7. The van der Waals surface area contributed by atoms with E-state index in [-0.39, 0.29) is 17.7 Å². The normalized spacial score (nSPS) is 37.9. The predicted molar refractivity (Wildman–Crippen MR) is 73.1 cm³/mol. The van der Waals surface area contributed by atoms with Crippen LogP contribution in [0.4, 0.5) is 10.6 Å². The summed E-state index contributed by atoms with van der Waals surface area (Å²) in [7, 11) is 0. The number of aromatic amines is 1. The molecule has 2 atom stereocenters. The monoisotopic (exact) mass is 276 g/mol. The molecular weight excluding hydrogens is 256 g/mol. The largest absolute Gasteiger partial charge is 0.446 e. The Balaban J connectivity index is 1.29. The van der Waals surface area contributed by atoms with Crippen molar-refractivity contribution in [1.29, 1.82) is 0 Å². The molecule has 1 aromatic rings. The summed E-state index contributed by atoms with van der Waals surface area (Å²) < 4.78 is 5.55. The number of aromatic nitrogens is 2. The van der Waals surface area contributed by atoms with Crippen LogP contribution in [0.2, 0.25) is 0 Å². The molecule has 2 unspecified atom stereocenters. The van der Waals surface area contributed by atoms with Gasteiger partial charge in [0.1, 0.15) is 11.9 Å². The average Bonchev–Trinajstić information content (AvgIpc) is 2.91. The minimum Gasteiger partial charge on any atom is -0.446 e. The summed E-state index contributed by atoms with van der Waals surface area (Å²) in [5.74, 6) is 1.75. The first-order valence-corrected chi connectivity index (χ1v) is 7.41. The van der Waals surface area contributed by atoms with Gasteiger partial charge in [-0.1, -0.05) is 0 Å². The molecule has 0 aromatic carbocycles. The Hall–Kier alpha value is -1.72. The first-order valence-electron chi connectivity index (χ1n) is 7.41.